The highest BCUT2D eigenvalue weighted by atomic mass is 16.7. The fourth-order valence-corrected chi connectivity index (χ4v) is 0.169. The molecule has 1 radical (unpaired) electrons. The molecule has 0 bridgehead atoms. The van der Waals surface area contributed by atoms with Gasteiger partial charge >= 0.3 is 5.97 Å². The number of nitrogens with two attached hydrogens (primary N) is 1. The monoisotopic (exact) mass is 170 g/mol. The first-order valence-corrected chi connectivity index (χ1v) is 3.15. The van der Waals surface area contributed by atoms with Crippen molar-refractivity contribution in [3.63, 3.8) is 0 Å². The second kappa shape index (κ2) is 9.58. The molecule has 0 aliphatic carbocycles. The summed E-state index contributed by atoms with van der Waals surface area (Å²) in [6.45, 7) is 6.56. The van der Waals surface area contributed by atoms with Gasteiger partial charge in [-0.15, -0.1) is 0 Å². The first-order valence-electron chi connectivity index (χ1n) is 3.15. The number of allylic oxidation sites excluding steroid dienone is 2. The molecule has 0 amide bonds. The van der Waals surface area contributed by atoms with E-state index < -0.39 is 5.97 Å². The Bertz CT molecular complexity index is 185. The quantitative estimate of drug-likeness (QED) is 0.488. The lowest BCUT2D eigenvalue weighted by molar-refractivity contribution is -0.139. The fraction of sp³-hybridized carbons (Fsp3) is 0.250. The zero-order valence-electron chi connectivity index (χ0n) is 7.16. The Kier molecular flexibility index (Phi) is 10.5. The maximum absolute atomic E-state index is 10.1. The SMILES string of the molecule is C=C(C)C(=O)ON.CC=C[C]=O. The van der Waals surface area contributed by atoms with Crippen LogP contribution in [0.2, 0.25) is 0 Å². The van der Waals surface area contributed by atoms with Crippen LogP contribution >= 0.6 is 0 Å². The van der Waals surface area contributed by atoms with Gasteiger partial charge in [0.15, 0.2) is 0 Å². The van der Waals surface area contributed by atoms with Crippen LogP contribution in [0.5, 0.6) is 0 Å². The Balaban J connectivity index is 0. The minimum atomic E-state index is -0.569. The van der Waals surface area contributed by atoms with Crippen molar-refractivity contribution in [1.29, 1.82) is 0 Å². The van der Waals surface area contributed by atoms with Gasteiger partial charge in [0.1, 0.15) is 0 Å². The molecular weight excluding hydrogens is 158 g/mol. The van der Waals surface area contributed by atoms with Crippen molar-refractivity contribution in [2.45, 2.75) is 13.8 Å². The van der Waals surface area contributed by atoms with Crippen LogP contribution in [0.4, 0.5) is 0 Å². The first-order chi connectivity index (χ1) is 5.59. The average Bonchev–Trinajstić information content (AvgIpc) is 2.05. The van der Waals surface area contributed by atoms with E-state index in [0.717, 1.165) is 0 Å². The van der Waals surface area contributed by atoms with Crippen LogP contribution < -0.4 is 5.90 Å². The maximum Gasteiger partial charge on any atom is 0.351 e. The summed E-state index contributed by atoms with van der Waals surface area (Å²) in [6.07, 6.45) is 4.54. The molecule has 4 nitrogen and oxygen atoms in total. The Morgan fingerprint density at radius 1 is 1.67 bits per heavy atom. The normalized spacial score (nSPS) is 8.25. The van der Waals surface area contributed by atoms with Crippen molar-refractivity contribution < 1.29 is 14.4 Å². The molecule has 67 valence electrons. The largest absolute Gasteiger partial charge is 0.370 e. The van der Waals surface area contributed by atoms with Gasteiger partial charge in [0.25, 0.3) is 0 Å². The molecule has 0 atom stereocenters. The van der Waals surface area contributed by atoms with Gasteiger partial charge in [-0.1, -0.05) is 12.7 Å². The summed E-state index contributed by atoms with van der Waals surface area (Å²) in [5.74, 6) is 3.89. The van der Waals surface area contributed by atoms with E-state index in [0.29, 0.717) is 5.57 Å². The van der Waals surface area contributed by atoms with Crippen molar-refractivity contribution >= 4 is 12.3 Å². The van der Waals surface area contributed by atoms with Crippen LogP contribution in [-0.2, 0) is 14.4 Å². The highest BCUT2D eigenvalue weighted by molar-refractivity contribution is 5.86. The summed E-state index contributed by atoms with van der Waals surface area (Å²) in [7, 11) is 0. The summed E-state index contributed by atoms with van der Waals surface area (Å²) in [4.78, 5) is 23.0. The van der Waals surface area contributed by atoms with Crippen molar-refractivity contribution in [3.05, 3.63) is 24.3 Å². The Morgan fingerprint density at radius 3 is 2.17 bits per heavy atom. The molecule has 2 N–H and O–H groups in total. The van der Waals surface area contributed by atoms with Crippen molar-refractivity contribution in [2.24, 2.45) is 5.90 Å². The van der Waals surface area contributed by atoms with E-state index in [2.05, 4.69) is 17.3 Å². The molecule has 0 aromatic carbocycles. The highest BCUT2D eigenvalue weighted by Crippen LogP contribution is 1.85. The Labute approximate surface area is 71.7 Å². The molecule has 0 aliphatic rings. The van der Waals surface area contributed by atoms with E-state index in [-0.39, 0.29) is 0 Å². The van der Waals surface area contributed by atoms with E-state index in [1.54, 1.807) is 19.3 Å². The number of carbonyl (C=O) groups is 1. The van der Waals surface area contributed by atoms with Crippen LogP contribution in [0.1, 0.15) is 13.8 Å². The molecule has 0 unspecified atom stereocenters. The lowest BCUT2D eigenvalue weighted by Gasteiger charge is -1.90. The summed E-state index contributed by atoms with van der Waals surface area (Å²) in [6, 6.07) is 0. The van der Waals surface area contributed by atoms with Gasteiger partial charge in [-0.3, -0.25) is 4.79 Å². The summed E-state index contributed by atoms with van der Waals surface area (Å²) in [5.41, 5.74) is 0.308. The molecule has 0 saturated carbocycles. The molecule has 12 heavy (non-hydrogen) atoms. The number of hydrogen-bond donors (Lipinski definition) is 1. The summed E-state index contributed by atoms with van der Waals surface area (Å²) < 4.78 is 0. The number of hydrogen-bond acceptors (Lipinski definition) is 4. The van der Waals surface area contributed by atoms with Crippen molar-refractivity contribution in [2.75, 3.05) is 0 Å². The van der Waals surface area contributed by atoms with Gasteiger partial charge in [0.2, 0.25) is 6.29 Å². The minimum Gasteiger partial charge on any atom is -0.370 e. The Hall–Kier alpha value is -1.42. The molecule has 0 rings (SSSR count). The minimum absolute atomic E-state index is 0.308. The molecular formula is C8H12NO3. The van der Waals surface area contributed by atoms with Crippen LogP contribution in [0.25, 0.3) is 0 Å². The van der Waals surface area contributed by atoms with Crippen LogP contribution in [0.3, 0.4) is 0 Å². The molecule has 0 spiro atoms. The zero-order chi connectivity index (χ0) is 9.98. The lowest BCUT2D eigenvalue weighted by atomic mass is 10.4. The third kappa shape index (κ3) is 11.4. The molecule has 0 heterocycles. The number of rotatable bonds is 2. The summed E-state index contributed by atoms with van der Waals surface area (Å²) >= 11 is 0. The van der Waals surface area contributed by atoms with Gasteiger partial charge < -0.3 is 4.84 Å². The predicted octanol–water partition coefficient (Wildman–Crippen LogP) is 0.652. The molecule has 0 aromatic heterocycles. The highest BCUT2D eigenvalue weighted by Gasteiger charge is 1.96. The first kappa shape index (κ1) is 13.2. The van der Waals surface area contributed by atoms with E-state index in [1.807, 2.05) is 0 Å². The molecule has 0 saturated heterocycles. The third-order valence-electron chi connectivity index (χ3n) is 0.690. The zero-order valence-corrected chi connectivity index (χ0v) is 7.16. The van der Waals surface area contributed by atoms with Gasteiger partial charge in [-0.2, -0.15) is 5.90 Å². The van der Waals surface area contributed by atoms with Crippen LogP contribution in [0, 0.1) is 0 Å². The van der Waals surface area contributed by atoms with E-state index >= 15 is 0 Å². The standard InChI is InChI=1S/C4H7NO2.C4H5O/c1-3(2)4(6)7-5;1-2-3-4-5/h1,5H2,2H3;2-3H,1H3. The smallest absolute Gasteiger partial charge is 0.351 e. The molecule has 0 fully saturated rings. The molecule has 0 aromatic rings. The van der Waals surface area contributed by atoms with Crippen molar-refractivity contribution in [3.8, 4) is 0 Å². The topological polar surface area (TPSA) is 69.4 Å². The summed E-state index contributed by atoms with van der Waals surface area (Å²) in [5, 5.41) is 0. The number of carbonyl (C=O) groups excluding carboxylic acids is 2. The second-order valence-electron chi connectivity index (χ2n) is 1.80. The van der Waals surface area contributed by atoms with Crippen LogP contribution in [0.15, 0.2) is 24.3 Å². The predicted molar refractivity (Wildman–Crippen MR) is 45.6 cm³/mol. The maximum atomic E-state index is 10.1. The second-order valence-corrected chi connectivity index (χ2v) is 1.80. The van der Waals surface area contributed by atoms with Crippen molar-refractivity contribution in [1.82, 2.24) is 0 Å². The van der Waals surface area contributed by atoms with Gasteiger partial charge in [-0.25, -0.2) is 4.79 Å². The molecule has 4 heteroatoms. The van der Waals surface area contributed by atoms with E-state index in [9.17, 15) is 9.59 Å². The van der Waals surface area contributed by atoms with Gasteiger partial charge in [0, 0.05) is 5.57 Å². The average molecular weight is 170 g/mol. The molecule has 0 aliphatic heterocycles. The van der Waals surface area contributed by atoms with E-state index in [1.165, 1.54) is 13.0 Å². The lowest BCUT2D eigenvalue weighted by Crippen LogP contribution is -2.09. The van der Waals surface area contributed by atoms with E-state index in [4.69, 9.17) is 0 Å². The van der Waals surface area contributed by atoms with Crippen LogP contribution in [-0.4, -0.2) is 12.3 Å². The third-order valence-corrected chi connectivity index (χ3v) is 0.690. The van der Waals surface area contributed by atoms with Gasteiger partial charge in [0.05, 0.1) is 0 Å². The van der Waals surface area contributed by atoms with Gasteiger partial charge in [-0.05, 0) is 19.9 Å². The fourth-order valence-electron chi connectivity index (χ4n) is 0.169. The Morgan fingerprint density at radius 2 is 2.17 bits per heavy atom.